The van der Waals surface area contributed by atoms with E-state index < -0.39 is 18.2 Å². The van der Waals surface area contributed by atoms with Gasteiger partial charge in [-0.25, -0.2) is 9.69 Å². The molecule has 3 aliphatic rings. The molecule has 33 heavy (non-hydrogen) atoms. The maximum atomic E-state index is 13.6. The van der Waals surface area contributed by atoms with E-state index in [1.165, 1.54) is 4.90 Å². The fraction of sp³-hybridized carbons (Fsp3) is 0.423. The van der Waals surface area contributed by atoms with Gasteiger partial charge in [0.05, 0.1) is 17.8 Å². The molecule has 1 aliphatic carbocycles. The lowest BCUT2D eigenvalue weighted by molar-refractivity contribution is -0.134. The predicted octanol–water partition coefficient (Wildman–Crippen LogP) is 3.41. The molecule has 2 aromatic carbocycles. The highest BCUT2D eigenvalue weighted by atomic mass is 16.5. The van der Waals surface area contributed by atoms with Crippen LogP contribution in [0.3, 0.4) is 0 Å². The number of aryl methyl sites for hydroxylation is 1. The van der Waals surface area contributed by atoms with Crippen molar-refractivity contribution >= 4 is 23.5 Å². The molecule has 5 rings (SSSR count). The topological polar surface area (TPSA) is 79.0 Å². The van der Waals surface area contributed by atoms with Crippen molar-refractivity contribution in [2.24, 2.45) is 5.92 Å². The van der Waals surface area contributed by atoms with Crippen LogP contribution in [0.5, 0.6) is 0 Å². The van der Waals surface area contributed by atoms with Crippen LogP contribution in [0.25, 0.3) is 0 Å². The van der Waals surface area contributed by atoms with Crippen LogP contribution < -0.4 is 10.2 Å². The summed E-state index contributed by atoms with van der Waals surface area (Å²) in [5, 5.41) is 2.91. The van der Waals surface area contributed by atoms with Gasteiger partial charge < -0.3 is 15.0 Å². The minimum absolute atomic E-state index is 0.0432. The third-order valence-electron chi connectivity index (χ3n) is 7.02. The molecule has 0 bridgehead atoms. The zero-order valence-corrected chi connectivity index (χ0v) is 18.8. The van der Waals surface area contributed by atoms with Gasteiger partial charge in [-0.3, -0.25) is 9.59 Å². The number of hydrogen-bond donors (Lipinski definition) is 1. The Labute approximate surface area is 193 Å². The van der Waals surface area contributed by atoms with Crippen LogP contribution in [0.2, 0.25) is 0 Å². The van der Waals surface area contributed by atoms with Gasteiger partial charge in [-0.1, -0.05) is 60.9 Å². The van der Waals surface area contributed by atoms with Crippen molar-refractivity contribution in [1.82, 2.24) is 10.2 Å². The van der Waals surface area contributed by atoms with Crippen molar-refractivity contribution in [2.45, 2.75) is 57.4 Å². The summed E-state index contributed by atoms with van der Waals surface area (Å²) in [5.74, 6) is -0.494. The minimum atomic E-state index is -0.737. The molecule has 4 atom stereocenters. The monoisotopic (exact) mass is 447 g/mol. The fourth-order valence-electron chi connectivity index (χ4n) is 5.37. The summed E-state index contributed by atoms with van der Waals surface area (Å²) in [4.78, 5) is 42.7. The molecule has 0 spiro atoms. The average molecular weight is 448 g/mol. The highest BCUT2D eigenvalue weighted by Gasteiger charge is 2.57. The number of amides is 4. The average Bonchev–Trinajstić information content (AvgIpc) is 3.22. The normalized spacial score (nSPS) is 26.7. The van der Waals surface area contributed by atoms with Crippen LogP contribution in [-0.2, 0) is 20.9 Å². The number of urea groups is 1. The Morgan fingerprint density at radius 2 is 1.76 bits per heavy atom. The number of nitrogens with one attached hydrogen (secondary N) is 1. The molecule has 0 aromatic heterocycles. The zero-order chi connectivity index (χ0) is 22.9. The largest absolute Gasteiger partial charge is 0.363 e. The molecule has 2 aliphatic heterocycles. The van der Waals surface area contributed by atoms with Crippen molar-refractivity contribution in [3.8, 4) is 0 Å². The number of anilines is 1. The van der Waals surface area contributed by atoms with Crippen molar-refractivity contribution in [3.63, 3.8) is 0 Å². The molecular weight excluding hydrogens is 418 g/mol. The summed E-state index contributed by atoms with van der Waals surface area (Å²) in [6.45, 7) is 2.24. The first-order valence-electron chi connectivity index (χ1n) is 11.7. The minimum Gasteiger partial charge on any atom is -0.363 e. The van der Waals surface area contributed by atoms with E-state index in [9.17, 15) is 14.4 Å². The van der Waals surface area contributed by atoms with Crippen LogP contribution >= 0.6 is 0 Å². The molecule has 1 saturated carbocycles. The fourth-order valence-corrected chi connectivity index (χ4v) is 5.37. The van der Waals surface area contributed by atoms with Gasteiger partial charge in [-0.05, 0) is 37.5 Å². The Bertz CT molecular complexity index is 1040. The van der Waals surface area contributed by atoms with E-state index in [-0.39, 0.29) is 30.4 Å². The number of ether oxygens (including phenoxy) is 1. The van der Waals surface area contributed by atoms with Crippen LogP contribution in [0, 0.1) is 12.8 Å². The molecule has 2 heterocycles. The first-order valence-corrected chi connectivity index (χ1v) is 11.7. The Hall–Kier alpha value is -3.19. The van der Waals surface area contributed by atoms with Crippen LogP contribution in [0.15, 0.2) is 54.6 Å². The van der Waals surface area contributed by atoms with Crippen molar-refractivity contribution in [1.29, 1.82) is 0 Å². The maximum Gasteiger partial charge on any atom is 0.332 e. The first-order chi connectivity index (χ1) is 16.0. The summed E-state index contributed by atoms with van der Waals surface area (Å²) in [6.07, 6.45) is 3.11. The van der Waals surface area contributed by atoms with Gasteiger partial charge >= 0.3 is 6.03 Å². The molecule has 172 valence electrons. The van der Waals surface area contributed by atoms with E-state index in [1.54, 1.807) is 17.0 Å². The smallest absolute Gasteiger partial charge is 0.332 e. The second kappa shape index (κ2) is 8.98. The number of imide groups is 1. The van der Waals surface area contributed by atoms with Gasteiger partial charge in [0.2, 0.25) is 5.91 Å². The quantitative estimate of drug-likeness (QED) is 0.762. The zero-order valence-electron chi connectivity index (χ0n) is 18.8. The van der Waals surface area contributed by atoms with Crippen LogP contribution in [-0.4, -0.2) is 47.5 Å². The Morgan fingerprint density at radius 3 is 2.52 bits per heavy atom. The van der Waals surface area contributed by atoms with Crippen LogP contribution in [0.1, 0.15) is 36.8 Å². The molecule has 1 N–H and O–H groups in total. The predicted molar refractivity (Wildman–Crippen MR) is 123 cm³/mol. The lowest BCUT2D eigenvalue weighted by Gasteiger charge is -2.42. The highest BCUT2D eigenvalue weighted by Crippen LogP contribution is 2.43. The van der Waals surface area contributed by atoms with E-state index >= 15 is 0 Å². The molecule has 4 unspecified atom stereocenters. The first kappa shape index (κ1) is 21.6. The third-order valence-corrected chi connectivity index (χ3v) is 7.02. The van der Waals surface area contributed by atoms with E-state index in [2.05, 4.69) is 5.32 Å². The number of fused-ring (bicyclic) bond motifs is 3. The van der Waals surface area contributed by atoms with Gasteiger partial charge in [0, 0.05) is 12.5 Å². The lowest BCUT2D eigenvalue weighted by Crippen LogP contribution is -2.66. The third kappa shape index (κ3) is 4.13. The molecule has 3 fully saturated rings. The second-order valence-electron chi connectivity index (χ2n) is 9.22. The summed E-state index contributed by atoms with van der Waals surface area (Å²) < 4.78 is 6.23. The van der Waals surface area contributed by atoms with Gasteiger partial charge in [-0.15, -0.1) is 0 Å². The van der Waals surface area contributed by atoms with Gasteiger partial charge in [0.1, 0.15) is 6.54 Å². The Morgan fingerprint density at radius 1 is 1.03 bits per heavy atom. The van der Waals surface area contributed by atoms with Gasteiger partial charge in [0.25, 0.3) is 5.91 Å². The SMILES string of the molecule is Cc1ccc(N2C(=O)C3OC4CCCCC4C3N(CC(=O)NCc3ccccc3)C2=O)cc1. The summed E-state index contributed by atoms with van der Waals surface area (Å²) >= 11 is 0. The molecule has 2 saturated heterocycles. The van der Waals surface area contributed by atoms with E-state index in [1.807, 2.05) is 49.4 Å². The van der Waals surface area contributed by atoms with Gasteiger partial charge in [0.15, 0.2) is 6.10 Å². The number of carbonyl (C=O) groups excluding carboxylic acids is 3. The standard InChI is InChI=1S/C26H29N3O4/c1-17-11-13-19(14-12-17)29-25(31)24-23(20-9-5-6-10-21(20)33-24)28(26(29)32)16-22(30)27-15-18-7-3-2-4-8-18/h2-4,7-8,11-14,20-21,23-24H,5-6,9-10,15-16H2,1H3,(H,27,30). The number of hydrogen-bond acceptors (Lipinski definition) is 4. The van der Waals surface area contributed by atoms with E-state index in [0.717, 1.165) is 36.8 Å². The summed E-state index contributed by atoms with van der Waals surface area (Å²) in [6, 6.07) is 16.1. The highest BCUT2D eigenvalue weighted by molar-refractivity contribution is 6.18. The Kier molecular flexibility index (Phi) is 5.89. The second-order valence-corrected chi connectivity index (χ2v) is 9.22. The van der Waals surface area contributed by atoms with Crippen molar-refractivity contribution in [2.75, 3.05) is 11.4 Å². The molecule has 4 amide bonds. The number of rotatable bonds is 5. The van der Waals surface area contributed by atoms with Crippen molar-refractivity contribution < 1.29 is 19.1 Å². The summed E-state index contributed by atoms with van der Waals surface area (Å²) in [5.41, 5.74) is 2.53. The number of nitrogens with zero attached hydrogens (tertiary/aromatic N) is 2. The van der Waals surface area contributed by atoms with E-state index in [0.29, 0.717) is 12.2 Å². The molecule has 0 radical (unpaired) electrons. The molecule has 2 aromatic rings. The molecule has 7 heteroatoms. The van der Waals surface area contributed by atoms with E-state index in [4.69, 9.17) is 4.74 Å². The maximum absolute atomic E-state index is 13.6. The van der Waals surface area contributed by atoms with Crippen molar-refractivity contribution in [3.05, 3.63) is 65.7 Å². The molecule has 7 nitrogen and oxygen atoms in total. The van der Waals surface area contributed by atoms with Crippen LogP contribution in [0.4, 0.5) is 10.5 Å². The number of carbonyl (C=O) groups is 3. The summed E-state index contributed by atoms with van der Waals surface area (Å²) in [7, 11) is 0. The molecular formula is C26H29N3O4. The number of benzene rings is 2. The Balaban J connectivity index is 1.41. The lowest BCUT2D eigenvalue weighted by atomic mass is 9.81. The van der Waals surface area contributed by atoms with Gasteiger partial charge in [-0.2, -0.15) is 0 Å².